The number of ether oxygens (including phenoxy) is 2. The van der Waals surface area contributed by atoms with Crippen LogP contribution in [0.1, 0.15) is 12.8 Å². The Balaban J connectivity index is 1.62. The quantitative estimate of drug-likeness (QED) is 0.829. The van der Waals surface area contributed by atoms with Crippen LogP contribution < -0.4 is 9.47 Å². The summed E-state index contributed by atoms with van der Waals surface area (Å²) in [5.74, 6) is 1.35. The number of methoxy groups -OCH3 is 1. The first-order chi connectivity index (χ1) is 11.6. The molecule has 0 atom stereocenters. The van der Waals surface area contributed by atoms with E-state index in [9.17, 15) is 8.42 Å². The number of sulfonamides is 1. The lowest BCUT2D eigenvalue weighted by Crippen LogP contribution is -2.41. The van der Waals surface area contributed by atoms with E-state index < -0.39 is 10.0 Å². The van der Waals surface area contributed by atoms with E-state index in [0.29, 0.717) is 37.4 Å². The van der Waals surface area contributed by atoms with Gasteiger partial charge in [-0.1, -0.05) is 0 Å². The zero-order valence-electron chi connectivity index (χ0n) is 13.5. The van der Waals surface area contributed by atoms with Gasteiger partial charge in [0.05, 0.1) is 18.2 Å². The molecule has 128 valence electrons. The number of aromatic nitrogens is 1. The van der Waals surface area contributed by atoms with Crippen molar-refractivity contribution in [3.05, 3.63) is 48.8 Å². The number of hydrogen-bond acceptors (Lipinski definition) is 5. The van der Waals surface area contributed by atoms with E-state index in [1.165, 1.54) is 4.31 Å². The van der Waals surface area contributed by atoms with Gasteiger partial charge in [0.25, 0.3) is 0 Å². The lowest BCUT2D eigenvalue weighted by atomic mass is 10.1. The van der Waals surface area contributed by atoms with Crippen molar-refractivity contribution in [2.45, 2.75) is 23.8 Å². The van der Waals surface area contributed by atoms with Crippen molar-refractivity contribution < 1.29 is 17.9 Å². The molecule has 0 radical (unpaired) electrons. The molecule has 0 bridgehead atoms. The predicted molar refractivity (Wildman–Crippen MR) is 89.6 cm³/mol. The Hall–Kier alpha value is -2.12. The van der Waals surface area contributed by atoms with Crippen LogP contribution in [0.25, 0.3) is 0 Å². The van der Waals surface area contributed by atoms with Gasteiger partial charge in [0.1, 0.15) is 17.6 Å². The third-order valence-electron chi connectivity index (χ3n) is 4.04. The molecule has 1 aliphatic rings. The highest BCUT2D eigenvalue weighted by Gasteiger charge is 2.30. The molecule has 2 aromatic rings. The van der Waals surface area contributed by atoms with Gasteiger partial charge in [-0.15, -0.1) is 0 Å². The number of benzene rings is 1. The minimum absolute atomic E-state index is 0.0107. The summed E-state index contributed by atoms with van der Waals surface area (Å²) >= 11 is 0. The fourth-order valence-corrected chi connectivity index (χ4v) is 4.17. The number of rotatable bonds is 5. The van der Waals surface area contributed by atoms with Gasteiger partial charge in [-0.25, -0.2) is 8.42 Å². The van der Waals surface area contributed by atoms with Crippen molar-refractivity contribution in [2.24, 2.45) is 0 Å². The molecular formula is C17H20N2O4S. The third kappa shape index (κ3) is 3.68. The zero-order chi connectivity index (χ0) is 17.0. The first kappa shape index (κ1) is 16.7. The topological polar surface area (TPSA) is 68.7 Å². The van der Waals surface area contributed by atoms with E-state index in [4.69, 9.17) is 9.47 Å². The van der Waals surface area contributed by atoms with Crippen molar-refractivity contribution >= 4 is 10.0 Å². The van der Waals surface area contributed by atoms with Crippen molar-refractivity contribution in [1.82, 2.24) is 9.29 Å². The van der Waals surface area contributed by atoms with E-state index in [1.54, 1.807) is 43.8 Å². The van der Waals surface area contributed by atoms with Crippen LogP contribution in [-0.2, 0) is 10.0 Å². The molecule has 1 aliphatic heterocycles. The molecule has 0 aliphatic carbocycles. The normalized spacial score (nSPS) is 16.7. The molecule has 1 aromatic carbocycles. The average Bonchev–Trinajstić information content (AvgIpc) is 2.63. The maximum atomic E-state index is 12.7. The molecule has 24 heavy (non-hydrogen) atoms. The van der Waals surface area contributed by atoms with Gasteiger partial charge in [0.2, 0.25) is 10.0 Å². The molecular weight excluding hydrogens is 328 g/mol. The second kappa shape index (κ2) is 7.19. The smallest absolute Gasteiger partial charge is 0.243 e. The first-order valence-corrected chi connectivity index (χ1v) is 9.24. The van der Waals surface area contributed by atoms with Crippen molar-refractivity contribution in [3.63, 3.8) is 0 Å². The standard InChI is InChI=1S/C17H20N2O4S/c1-22-14-4-6-17(7-5-14)24(20,21)19-11-8-15(9-12-19)23-16-3-2-10-18-13-16/h2-7,10,13,15H,8-9,11-12H2,1H3. The Labute approximate surface area is 142 Å². The van der Waals surface area contributed by atoms with E-state index >= 15 is 0 Å². The van der Waals surface area contributed by atoms with Gasteiger partial charge in [-0.05, 0) is 49.2 Å². The lowest BCUT2D eigenvalue weighted by molar-refractivity contribution is 0.134. The minimum atomic E-state index is -3.47. The molecule has 0 unspecified atom stereocenters. The Morgan fingerprint density at radius 1 is 1.08 bits per heavy atom. The van der Waals surface area contributed by atoms with Gasteiger partial charge in [-0.3, -0.25) is 4.98 Å². The van der Waals surface area contributed by atoms with Gasteiger partial charge < -0.3 is 9.47 Å². The molecule has 0 saturated carbocycles. The predicted octanol–water partition coefficient (Wildman–Crippen LogP) is 2.32. The van der Waals surface area contributed by atoms with E-state index in [1.807, 2.05) is 12.1 Å². The molecule has 0 spiro atoms. The molecule has 3 rings (SSSR count). The summed E-state index contributed by atoms with van der Waals surface area (Å²) in [6.07, 6.45) is 4.68. The fraction of sp³-hybridized carbons (Fsp3) is 0.353. The van der Waals surface area contributed by atoms with Crippen molar-refractivity contribution in [2.75, 3.05) is 20.2 Å². The van der Waals surface area contributed by atoms with E-state index in [2.05, 4.69) is 4.98 Å². The number of piperidine rings is 1. The van der Waals surface area contributed by atoms with Crippen LogP contribution in [0, 0.1) is 0 Å². The largest absolute Gasteiger partial charge is 0.497 e. The molecule has 7 heteroatoms. The Bertz CT molecular complexity index is 755. The maximum Gasteiger partial charge on any atom is 0.243 e. The van der Waals surface area contributed by atoms with Crippen LogP contribution >= 0.6 is 0 Å². The summed E-state index contributed by atoms with van der Waals surface area (Å²) in [6, 6.07) is 10.1. The average molecular weight is 348 g/mol. The highest BCUT2D eigenvalue weighted by Crippen LogP contribution is 2.24. The Kier molecular flexibility index (Phi) is 5.01. The van der Waals surface area contributed by atoms with Crippen LogP contribution in [0.4, 0.5) is 0 Å². The molecule has 2 heterocycles. The van der Waals surface area contributed by atoms with Crippen LogP contribution in [0.5, 0.6) is 11.5 Å². The Morgan fingerprint density at radius 2 is 1.79 bits per heavy atom. The number of nitrogens with zero attached hydrogens (tertiary/aromatic N) is 2. The van der Waals surface area contributed by atoms with Gasteiger partial charge >= 0.3 is 0 Å². The van der Waals surface area contributed by atoms with Crippen LogP contribution in [0.2, 0.25) is 0 Å². The number of pyridine rings is 1. The Morgan fingerprint density at radius 3 is 2.38 bits per heavy atom. The SMILES string of the molecule is COc1ccc(S(=O)(=O)N2CCC(Oc3cccnc3)CC2)cc1. The van der Waals surface area contributed by atoms with E-state index in [-0.39, 0.29) is 11.0 Å². The highest BCUT2D eigenvalue weighted by molar-refractivity contribution is 7.89. The van der Waals surface area contributed by atoms with Gasteiger partial charge in [0.15, 0.2) is 0 Å². The molecule has 1 aromatic heterocycles. The zero-order valence-corrected chi connectivity index (χ0v) is 14.3. The molecule has 6 nitrogen and oxygen atoms in total. The lowest BCUT2D eigenvalue weighted by Gasteiger charge is -2.31. The summed E-state index contributed by atoms with van der Waals surface area (Å²) < 4.78 is 37.8. The summed E-state index contributed by atoms with van der Waals surface area (Å²) in [7, 11) is -1.92. The van der Waals surface area contributed by atoms with Crippen LogP contribution in [0.3, 0.4) is 0 Å². The highest BCUT2D eigenvalue weighted by atomic mass is 32.2. The maximum absolute atomic E-state index is 12.7. The van der Waals surface area contributed by atoms with E-state index in [0.717, 1.165) is 0 Å². The number of hydrogen-bond donors (Lipinski definition) is 0. The summed E-state index contributed by atoms with van der Waals surface area (Å²) in [5, 5.41) is 0. The fourth-order valence-electron chi connectivity index (χ4n) is 2.70. The monoisotopic (exact) mass is 348 g/mol. The van der Waals surface area contributed by atoms with Crippen LogP contribution in [0.15, 0.2) is 53.7 Å². The third-order valence-corrected chi connectivity index (χ3v) is 5.95. The summed E-state index contributed by atoms with van der Waals surface area (Å²) in [6.45, 7) is 0.887. The van der Waals surface area contributed by atoms with Crippen molar-refractivity contribution in [1.29, 1.82) is 0 Å². The minimum Gasteiger partial charge on any atom is -0.497 e. The summed E-state index contributed by atoms with van der Waals surface area (Å²) in [4.78, 5) is 4.30. The van der Waals surface area contributed by atoms with Crippen molar-refractivity contribution in [3.8, 4) is 11.5 Å². The second-order valence-electron chi connectivity index (χ2n) is 5.59. The molecule has 0 amide bonds. The summed E-state index contributed by atoms with van der Waals surface area (Å²) in [5.41, 5.74) is 0. The van der Waals surface area contributed by atoms with Gasteiger partial charge in [-0.2, -0.15) is 4.31 Å². The van der Waals surface area contributed by atoms with Crippen LogP contribution in [-0.4, -0.2) is 44.0 Å². The molecule has 0 N–H and O–H groups in total. The first-order valence-electron chi connectivity index (χ1n) is 7.80. The molecule has 1 saturated heterocycles. The van der Waals surface area contributed by atoms with Gasteiger partial charge in [0, 0.05) is 19.3 Å². The second-order valence-corrected chi connectivity index (χ2v) is 7.52. The molecule has 1 fully saturated rings.